The van der Waals surface area contributed by atoms with Crippen molar-refractivity contribution in [3.8, 4) is 0 Å². The lowest BCUT2D eigenvalue weighted by Gasteiger charge is -2.29. The third kappa shape index (κ3) is 4.75. The van der Waals surface area contributed by atoms with Crippen LogP contribution in [-0.2, 0) is 6.54 Å². The summed E-state index contributed by atoms with van der Waals surface area (Å²) in [5.74, 6) is 0. The first-order chi connectivity index (χ1) is 11.2. The highest BCUT2D eigenvalue weighted by Crippen LogP contribution is 2.26. The topological polar surface area (TPSA) is 32.3 Å². The third-order valence-electron chi connectivity index (χ3n) is 4.32. The van der Waals surface area contributed by atoms with Crippen molar-refractivity contribution in [1.29, 1.82) is 0 Å². The van der Waals surface area contributed by atoms with Crippen molar-refractivity contribution in [3.63, 3.8) is 0 Å². The molecule has 3 rings (SSSR count). The van der Waals surface area contributed by atoms with Crippen LogP contribution in [0.2, 0.25) is 5.02 Å². The minimum absolute atomic E-state index is 0. The number of anilines is 1. The van der Waals surface area contributed by atoms with Crippen LogP contribution < -0.4 is 5.32 Å². The Labute approximate surface area is 149 Å². The maximum absolute atomic E-state index is 12.8. The van der Waals surface area contributed by atoms with Gasteiger partial charge < -0.3 is 10.2 Å². The van der Waals surface area contributed by atoms with Crippen molar-refractivity contribution in [1.82, 2.24) is 4.90 Å². The molecule has 4 heteroatoms. The van der Waals surface area contributed by atoms with Gasteiger partial charge in [-0.1, -0.05) is 62.2 Å². The largest absolute Gasteiger partial charge is 0.322 e. The van der Waals surface area contributed by atoms with Crippen LogP contribution in [0, 0.1) is 0 Å². The molecule has 0 radical (unpaired) electrons. The maximum Gasteiger partial charge on any atom is 0.322 e. The highest BCUT2D eigenvalue weighted by molar-refractivity contribution is 6.30. The number of nitrogens with zero attached hydrogens (tertiary/aromatic N) is 1. The van der Waals surface area contributed by atoms with E-state index in [0.717, 1.165) is 29.1 Å². The Hall–Kier alpha value is -2.00. The molecule has 1 N–H and O–H groups in total. The molecule has 1 fully saturated rings. The van der Waals surface area contributed by atoms with Crippen LogP contribution in [0.15, 0.2) is 54.6 Å². The van der Waals surface area contributed by atoms with Crippen LogP contribution in [-0.4, -0.2) is 17.0 Å². The minimum atomic E-state index is -0.0296. The monoisotopic (exact) mass is 344 g/mol. The molecule has 0 unspecified atom stereocenters. The van der Waals surface area contributed by atoms with Crippen LogP contribution in [0.25, 0.3) is 0 Å². The lowest BCUT2D eigenvalue weighted by atomic mass is 10.1. The number of rotatable bonds is 4. The molecule has 0 saturated heterocycles. The van der Waals surface area contributed by atoms with Crippen molar-refractivity contribution in [2.24, 2.45) is 0 Å². The van der Waals surface area contributed by atoms with E-state index in [0.29, 0.717) is 12.6 Å². The number of hydrogen-bond donors (Lipinski definition) is 1. The predicted molar refractivity (Wildman–Crippen MR) is 101 cm³/mol. The Bertz CT molecular complexity index is 636. The smallest absolute Gasteiger partial charge is 0.317 e. The summed E-state index contributed by atoms with van der Waals surface area (Å²) < 4.78 is 0. The van der Waals surface area contributed by atoms with Gasteiger partial charge in [0, 0.05) is 23.3 Å². The number of amides is 2. The minimum Gasteiger partial charge on any atom is -0.317 e. The maximum atomic E-state index is 12.8. The predicted octanol–water partition coefficient (Wildman–Crippen LogP) is 5.95. The summed E-state index contributed by atoms with van der Waals surface area (Å²) in [4.78, 5) is 14.7. The molecule has 128 valence electrons. The lowest BCUT2D eigenvalue weighted by molar-refractivity contribution is 0.184. The zero-order valence-corrected chi connectivity index (χ0v) is 13.8. The van der Waals surface area contributed by atoms with Gasteiger partial charge in [-0.25, -0.2) is 4.79 Å². The fraction of sp³-hybridized carbons (Fsp3) is 0.350. The normalized spacial score (nSPS) is 14.0. The second-order valence-electron chi connectivity index (χ2n) is 5.99. The van der Waals surface area contributed by atoms with Gasteiger partial charge in [-0.05, 0) is 42.7 Å². The lowest BCUT2D eigenvalue weighted by Crippen LogP contribution is -2.41. The molecule has 2 aromatic rings. The van der Waals surface area contributed by atoms with Crippen LogP contribution >= 0.6 is 11.6 Å². The van der Waals surface area contributed by atoms with Crippen LogP contribution in [0.5, 0.6) is 0 Å². The summed E-state index contributed by atoms with van der Waals surface area (Å²) in [6.07, 6.45) is 4.55. The van der Waals surface area contributed by atoms with E-state index >= 15 is 0 Å². The Morgan fingerprint density at radius 2 is 1.67 bits per heavy atom. The average Bonchev–Trinajstić information content (AvgIpc) is 3.09. The molecular weight excluding hydrogens is 320 g/mol. The van der Waals surface area contributed by atoms with Crippen molar-refractivity contribution < 1.29 is 4.79 Å². The number of para-hydroxylation sites is 1. The van der Waals surface area contributed by atoms with Gasteiger partial charge in [0.25, 0.3) is 0 Å². The van der Waals surface area contributed by atoms with Crippen molar-refractivity contribution in [2.45, 2.75) is 45.7 Å². The molecule has 24 heavy (non-hydrogen) atoms. The molecular formula is C20H25ClN2O. The summed E-state index contributed by atoms with van der Waals surface area (Å²) in [6, 6.07) is 17.6. The molecule has 0 atom stereocenters. The van der Waals surface area contributed by atoms with Gasteiger partial charge in [0.05, 0.1) is 0 Å². The van der Waals surface area contributed by atoms with Gasteiger partial charge in [-0.3, -0.25) is 0 Å². The van der Waals surface area contributed by atoms with Crippen LogP contribution in [0.1, 0.15) is 38.7 Å². The zero-order valence-electron chi connectivity index (χ0n) is 13.0. The number of halogens is 1. The molecule has 0 spiro atoms. The first kappa shape index (κ1) is 18.3. The summed E-state index contributed by atoms with van der Waals surface area (Å²) in [5, 5.41) is 3.73. The molecule has 1 saturated carbocycles. The Morgan fingerprint density at radius 1 is 1.04 bits per heavy atom. The third-order valence-corrected chi connectivity index (χ3v) is 4.57. The van der Waals surface area contributed by atoms with Gasteiger partial charge >= 0.3 is 6.03 Å². The number of carbonyl (C=O) groups excluding carboxylic acids is 1. The van der Waals surface area contributed by atoms with E-state index in [-0.39, 0.29) is 13.5 Å². The highest BCUT2D eigenvalue weighted by Gasteiger charge is 2.26. The molecule has 2 amide bonds. The van der Waals surface area contributed by atoms with E-state index < -0.39 is 0 Å². The van der Waals surface area contributed by atoms with Crippen molar-refractivity contribution in [3.05, 3.63) is 65.2 Å². The SMILES string of the molecule is C.O=C(Nc1ccccc1)N(Cc1ccc(Cl)cc1)C1CCCC1. The Morgan fingerprint density at radius 3 is 2.29 bits per heavy atom. The van der Waals surface area contributed by atoms with Crippen molar-refractivity contribution >= 4 is 23.3 Å². The van der Waals surface area contributed by atoms with Gasteiger partial charge in [-0.2, -0.15) is 0 Å². The van der Waals surface area contributed by atoms with Crippen LogP contribution in [0.3, 0.4) is 0 Å². The van der Waals surface area contributed by atoms with E-state index in [1.165, 1.54) is 12.8 Å². The fourth-order valence-corrected chi connectivity index (χ4v) is 3.21. The molecule has 2 aromatic carbocycles. The van der Waals surface area contributed by atoms with Gasteiger partial charge in [0.1, 0.15) is 0 Å². The number of benzene rings is 2. The number of urea groups is 1. The van der Waals surface area contributed by atoms with E-state index in [9.17, 15) is 4.79 Å². The van der Waals surface area contributed by atoms with Gasteiger partial charge in [0.15, 0.2) is 0 Å². The molecule has 0 aromatic heterocycles. The Balaban J connectivity index is 0.00000208. The van der Waals surface area contributed by atoms with Crippen molar-refractivity contribution in [2.75, 3.05) is 5.32 Å². The molecule has 1 aliphatic carbocycles. The second kappa shape index (κ2) is 8.74. The molecule has 0 bridgehead atoms. The highest BCUT2D eigenvalue weighted by atomic mass is 35.5. The summed E-state index contributed by atoms with van der Waals surface area (Å²) >= 11 is 5.95. The van der Waals surface area contributed by atoms with Crippen LogP contribution in [0.4, 0.5) is 10.5 Å². The van der Waals surface area contributed by atoms with E-state index in [1.807, 2.05) is 59.5 Å². The van der Waals surface area contributed by atoms with Gasteiger partial charge in [-0.15, -0.1) is 0 Å². The second-order valence-corrected chi connectivity index (χ2v) is 6.43. The summed E-state index contributed by atoms with van der Waals surface area (Å²) in [7, 11) is 0. The molecule has 0 heterocycles. The molecule has 3 nitrogen and oxygen atoms in total. The fourth-order valence-electron chi connectivity index (χ4n) is 3.09. The molecule has 0 aliphatic heterocycles. The van der Waals surface area contributed by atoms with Gasteiger partial charge in [0.2, 0.25) is 0 Å². The first-order valence-corrected chi connectivity index (χ1v) is 8.47. The number of carbonyl (C=O) groups is 1. The number of hydrogen-bond acceptors (Lipinski definition) is 1. The Kier molecular flexibility index (Phi) is 6.68. The summed E-state index contributed by atoms with van der Waals surface area (Å²) in [6.45, 7) is 0.612. The first-order valence-electron chi connectivity index (χ1n) is 8.09. The average molecular weight is 345 g/mol. The quantitative estimate of drug-likeness (QED) is 0.729. The van der Waals surface area contributed by atoms with E-state index in [1.54, 1.807) is 0 Å². The van der Waals surface area contributed by atoms with E-state index in [2.05, 4.69) is 5.32 Å². The van der Waals surface area contributed by atoms with E-state index in [4.69, 9.17) is 11.6 Å². The standard InChI is InChI=1S/C19H21ClN2O.CH4/c20-16-12-10-15(11-13-16)14-22(18-8-4-5-9-18)19(23)21-17-6-2-1-3-7-17;/h1-3,6-7,10-13,18H,4-5,8-9,14H2,(H,21,23);1H4. The molecule has 1 aliphatic rings. The number of nitrogens with one attached hydrogen (secondary N) is 1. The summed E-state index contributed by atoms with van der Waals surface area (Å²) in [5.41, 5.74) is 1.93. The zero-order chi connectivity index (χ0) is 16.1.